The van der Waals surface area contributed by atoms with E-state index in [1.54, 1.807) is 23.1 Å². The smallest absolute Gasteiger partial charge is 0.239 e. The first-order valence-electron chi connectivity index (χ1n) is 10.1. The number of hydrogen-bond donors (Lipinski definition) is 0. The van der Waals surface area contributed by atoms with Gasteiger partial charge in [0.2, 0.25) is 5.91 Å². The fraction of sp³-hybridized carbons (Fsp3) is 0.391. The molecule has 3 rings (SSSR count). The second-order valence-electron chi connectivity index (χ2n) is 7.14. The quantitative estimate of drug-likeness (QED) is 0.430. The summed E-state index contributed by atoms with van der Waals surface area (Å²) in [5.74, 6) is 0.523. The maximum Gasteiger partial charge on any atom is 0.239 e. The second-order valence-corrected chi connectivity index (χ2v) is 9.20. The van der Waals surface area contributed by atoms with E-state index in [0.29, 0.717) is 12.3 Å². The van der Waals surface area contributed by atoms with Crippen LogP contribution in [0.4, 0.5) is 5.13 Å². The molecule has 1 heterocycles. The van der Waals surface area contributed by atoms with Crippen LogP contribution in [-0.2, 0) is 4.79 Å². The van der Waals surface area contributed by atoms with Gasteiger partial charge in [0.25, 0.3) is 0 Å². The normalized spacial score (nSPS) is 11.3. The molecule has 0 N–H and O–H groups in total. The van der Waals surface area contributed by atoms with Gasteiger partial charge in [0.15, 0.2) is 5.13 Å². The number of fused-ring (bicyclic) bond motifs is 1. The van der Waals surface area contributed by atoms with E-state index in [1.165, 1.54) is 11.1 Å². The standard InChI is InChI=1S/C23H29N3OS2/c1-5-25(6-2)13-14-26(22(27)16-28-19-10-7-17(3)8-11-19)23-24-20-12-9-18(4)15-21(20)29-23/h7-12,15H,5-6,13-14,16H2,1-4H3. The maximum atomic E-state index is 13.2. The molecule has 0 spiro atoms. The molecule has 0 aliphatic rings. The Kier molecular flexibility index (Phi) is 7.70. The Balaban J connectivity index is 1.78. The first kappa shape index (κ1) is 21.8. The molecule has 0 unspecified atom stereocenters. The third-order valence-corrected chi connectivity index (χ3v) is 7.02. The number of thioether (sulfide) groups is 1. The first-order chi connectivity index (χ1) is 14.0. The van der Waals surface area contributed by atoms with E-state index in [4.69, 9.17) is 4.98 Å². The van der Waals surface area contributed by atoms with E-state index in [0.717, 1.165) is 39.9 Å². The molecule has 1 aromatic heterocycles. The number of amides is 1. The van der Waals surface area contributed by atoms with Gasteiger partial charge in [-0.15, -0.1) is 11.8 Å². The molecular formula is C23H29N3OS2. The third-order valence-electron chi connectivity index (χ3n) is 4.98. The minimum absolute atomic E-state index is 0.110. The average Bonchev–Trinajstić information content (AvgIpc) is 3.13. The van der Waals surface area contributed by atoms with Gasteiger partial charge in [-0.3, -0.25) is 9.69 Å². The Morgan fingerprint density at radius 2 is 1.69 bits per heavy atom. The molecule has 0 atom stereocenters. The summed E-state index contributed by atoms with van der Waals surface area (Å²) in [5.41, 5.74) is 3.40. The number of anilines is 1. The summed E-state index contributed by atoms with van der Waals surface area (Å²) < 4.78 is 1.13. The van der Waals surface area contributed by atoms with Crippen LogP contribution in [0.1, 0.15) is 25.0 Å². The zero-order chi connectivity index (χ0) is 20.8. The molecule has 0 aliphatic heterocycles. The van der Waals surface area contributed by atoms with E-state index in [9.17, 15) is 4.79 Å². The van der Waals surface area contributed by atoms with Gasteiger partial charge >= 0.3 is 0 Å². The fourth-order valence-corrected chi connectivity index (χ4v) is 4.98. The lowest BCUT2D eigenvalue weighted by atomic mass is 10.2. The van der Waals surface area contributed by atoms with Crippen molar-refractivity contribution in [2.24, 2.45) is 0 Å². The molecule has 4 nitrogen and oxygen atoms in total. The van der Waals surface area contributed by atoms with Crippen molar-refractivity contribution in [3.05, 3.63) is 53.6 Å². The lowest BCUT2D eigenvalue weighted by molar-refractivity contribution is -0.116. The van der Waals surface area contributed by atoms with Gasteiger partial charge < -0.3 is 4.90 Å². The van der Waals surface area contributed by atoms with Gasteiger partial charge in [0, 0.05) is 18.0 Å². The SMILES string of the molecule is CCN(CC)CCN(C(=O)CSc1ccc(C)cc1)c1nc2ccc(C)cc2s1. The molecule has 0 saturated carbocycles. The van der Waals surface area contributed by atoms with E-state index in [-0.39, 0.29) is 5.91 Å². The van der Waals surface area contributed by atoms with Gasteiger partial charge in [-0.25, -0.2) is 4.98 Å². The highest BCUT2D eigenvalue weighted by Crippen LogP contribution is 2.30. The summed E-state index contributed by atoms with van der Waals surface area (Å²) in [6.45, 7) is 11.9. The number of aromatic nitrogens is 1. The van der Waals surface area contributed by atoms with Crippen molar-refractivity contribution in [1.29, 1.82) is 0 Å². The van der Waals surface area contributed by atoms with Crippen molar-refractivity contribution < 1.29 is 4.79 Å². The van der Waals surface area contributed by atoms with Crippen LogP contribution in [0.5, 0.6) is 0 Å². The number of nitrogens with zero attached hydrogens (tertiary/aromatic N) is 3. The average molecular weight is 428 g/mol. The molecule has 0 aliphatic carbocycles. The van der Waals surface area contributed by atoms with Crippen LogP contribution in [0.2, 0.25) is 0 Å². The van der Waals surface area contributed by atoms with Crippen LogP contribution in [0.15, 0.2) is 47.4 Å². The summed E-state index contributed by atoms with van der Waals surface area (Å²) in [7, 11) is 0. The number of benzene rings is 2. The van der Waals surface area contributed by atoms with Gasteiger partial charge in [-0.2, -0.15) is 0 Å². The number of carbonyl (C=O) groups excluding carboxylic acids is 1. The summed E-state index contributed by atoms with van der Waals surface area (Å²) in [6, 6.07) is 14.6. The predicted molar refractivity (Wildman–Crippen MR) is 126 cm³/mol. The number of aryl methyl sites for hydroxylation is 2. The Morgan fingerprint density at radius 1 is 1.00 bits per heavy atom. The third kappa shape index (κ3) is 5.81. The molecule has 29 heavy (non-hydrogen) atoms. The van der Waals surface area contributed by atoms with Crippen molar-refractivity contribution in [1.82, 2.24) is 9.88 Å². The van der Waals surface area contributed by atoms with Crippen LogP contribution >= 0.6 is 23.1 Å². The van der Waals surface area contributed by atoms with Crippen molar-refractivity contribution in [3.8, 4) is 0 Å². The number of thiazole rings is 1. The van der Waals surface area contributed by atoms with Gasteiger partial charge in [-0.05, 0) is 56.8 Å². The van der Waals surface area contributed by atoms with Crippen LogP contribution in [0, 0.1) is 13.8 Å². The number of likely N-dealkylation sites (N-methyl/N-ethyl adjacent to an activating group) is 1. The highest BCUT2D eigenvalue weighted by Gasteiger charge is 2.20. The van der Waals surface area contributed by atoms with Gasteiger partial charge in [0.1, 0.15) is 0 Å². The summed E-state index contributed by atoms with van der Waals surface area (Å²) in [5, 5.41) is 0.798. The maximum absolute atomic E-state index is 13.2. The summed E-state index contributed by atoms with van der Waals surface area (Å²) in [4.78, 5) is 23.3. The van der Waals surface area contributed by atoms with Crippen LogP contribution in [0.3, 0.4) is 0 Å². The van der Waals surface area contributed by atoms with Crippen molar-refractivity contribution in [2.45, 2.75) is 32.6 Å². The first-order valence-corrected chi connectivity index (χ1v) is 11.9. The molecular weight excluding hydrogens is 398 g/mol. The predicted octanol–water partition coefficient (Wildman–Crippen LogP) is 5.38. The fourth-order valence-electron chi connectivity index (χ4n) is 3.10. The minimum atomic E-state index is 0.110. The number of hydrogen-bond acceptors (Lipinski definition) is 5. The zero-order valence-corrected chi connectivity index (χ0v) is 19.3. The molecule has 2 aromatic carbocycles. The highest BCUT2D eigenvalue weighted by molar-refractivity contribution is 8.00. The second kappa shape index (κ2) is 10.2. The highest BCUT2D eigenvalue weighted by atomic mass is 32.2. The molecule has 154 valence electrons. The van der Waals surface area contributed by atoms with Crippen LogP contribution in [-0.4, -0.2) is 47.7 Å². The van der Waals surface area contributed by atoms with E-state index in [2.05, 4.69) is 69.0 Å². The Labute approximate surface area is 181 Å². The van der Waals surface area contributed by atoms with Crippen LogP contribution < -0.4 is 4.90 Å². The van der Waals surface area contributed by atoms with E-state index < -0.39 is 0 Å². The Morgan fingerprint density at radius 3 is 2.38 bits per heavy atom. The lowest BCUT2D eigenvalue weighted by Gasteiger charge is -2.24. The lowest BCUT2D eigenvalue weighted by Crippen LogP contribution is -2.39. The minimum Gasteiger partial charge on any atom is -0.302 e. The summed E-state index contributed by atoms with van der Waals surface area (Å²) >= 11 is 3.19. The van der Waals surface area contributed by atoms with Crippen molar-refractivity contribution in [3.63, 3.8) is 0 Å². The molecule has 0 radical (unpaired) electrons. The Hall–Kier alpha value is -1.89. The van der Waals surface area contributed by atoms with Gasteiger partial charge in [-0.1, -0.05) is 48.9 Å². The van der Waals surface area contributed by atoms with E-state index >= 15 is 0 Å². The van der Waals surface area contributed by atoms with Crippen molar-refractivity contribution in [2.75, 3.05) is 36.8 Å². The van der Waals surface area contributed by atoms with Gasteiger partial charge in [0.05, 0.1) is 16.0 Å². The molecule has 6 heteroatoms. The van der Waals surface area contributed by atoms with Crippen molar-refractivity contribution >= 4 is 44.4 Å². The zero-order valence-electron chi connectivity index (χ0n) is 17.6. The Bertz CT molecular complexity index is 948. The number of carbonyl (C=O) groups is 1. The molecule has 0 fully saturated rings. The topological polar surface area (TPSA) is 36.4 Å². The molecule has 0 saturated heterocycles. The van der Waals surface area contributed by atoms with Crippen LogP contribution in [0.25, 0.3) is 10.2 Å². The monoisotopic (exact) mass is 427 g/mol. The molecule has 0 bridgehead atoms. The largest absolute Gasteiger partial charge is 0.302 e. The molecule has 1 amide bonds. The summed E-state index contributed by atoms with van der Waals surface area (Å²) in [6.07, 6.45) is 0. The van der Waals surface area contributed by atoms with E-state index in [1.807, 2.05) is 11.0 Å². The number of rotatable bonds is 9. The molecule has 3 aromatic rings.